The molecule has 0 unspecified atom stereocenters. The zero-order valence-electron chi connectivity index (χ0n) is 5.41. The average Bonchev–Trinajstić information content (AvgIpc) is 1.85. The number of halogens is 1. The Kier molecular flexibility index (Phi) is 2.14. The summed E-state index contributed by atoms with van der Waals surface area (Å²) in [6, 6.07) is 3.13. The summed E-state index contributed by atoms with van der Waals surface area (Å²) in [7, 11) is 0. The third kappa shape index (κ3) is 1.71. The Morgan fingerprint density at radius 3 is 2.64 bits per heavy atom. The fourth-order valence-corrected chi connectivity index (χ4v) is 0.875. The number of hydrogen-bond donors (Lipinski definition) is 2. The number of carbonyl (C=O) groups is 1. The van der Waals surface area contributed by atoms with Crippen molar-refractivity contribution in [2.75, 3.05) is 0 Å². The van der Waals surface area contributed by atoms with Gasteiger partial charge in [0.15, 0.2) is 0 Å². The Morgan fingerprint density at radius 1 is 1.55 bits per heavy atom. The van der Waals surface area contributed by atoms with Gasteiger partial charge in [0, 0.05) is 6.07 Å². The molecule has 0 saturated carbocycles. The highest BCUT2D eigenvalue weighted by atomic mass is 32.1. The number of phenolic OH excluding ortho intramolecular Hbond substituents is 1. The van der Waals surface area contributed by atoms with E-state index in [4.69, 9.17) is 5.11 Å². The SMILES string of the molecule is O=C(S)c1ccc(F)cc1O. The van der Waals surface area contributed by atoms with E-state index in [-0.39, 0.29) is 11.3 Å². The maximum absolute atomic E-state index is 12.3. The maximum Gasteiger partial charge on any atom is 0.220 e. The van der Waals surface area contributed by atoms with Gasteiger partial charge >= 0.3 is 0 Å². The van der Waals surface area contributed by atoms with Crippen LogP contribution in [0.4, 0.5) is 4.39 Å². The number of benzene rings is 1. The number of carbonyl (C=O) groups excluding carboxylic acids is 1. The van der Waals surface area contributed by atoms with Gasteiger partial charge in [-0.1, -0.05) is 0 Å². The fourth-order valence-electron chi connectivity index (χ4n) is 0.686. The molecular formula is C7H5FO2S. The van der Waals surface area contributed by atoms with Crippen LogP contribution in [0.25, 0.3) is 0 Å². The van der Waals surface area contributed by atoms with Crippen molar-refractivity contribution in [2.24, 2.45) is 0 Å². The molecule has 0 amide bonds. The number of hydrogen-bond acceptors (Lipinski definition) is 2. The van der Waals surface area contributed by atoms with E-state index in [0.717, 1.165) is 12.1 Å². The third-order valence-corrected chi connectivity index (χ3v) is 1.43. The van der Waals surface area contributed by atoms with Crippen LogP contribution in [0.1, 0.15) is 10.4 Å². The molecule has 0 heterocycles. The Hall–Kier alpha value is -1.03. The van der Waals surface area contributed by atoms with Crippen LogP contribution in [-0.4, -0.2) is 10.2 Å². The normalized spacial score (nSPS) is 9.64. The quantitative estimate of drug-likeness (QED) is 0.631. The number of rotatable bonds is 1. The highest BCUT2D eigenvalue weighted by Crippen LogP contribution is 2.19. The van der Waals surface area contributed by atoms with Crippen molar-refractivity contribution >= 4 is 17.7 Å². The van der Waals surface area contributed by atoms with Crippen LogP contribution in [0.3, 0.4) is 0 Å². The lowest BCUT2D eigenvalue weighted by atomic mass is 10.2. The van der Waals surface area contributed by atoms with Crippen LogP contribution in [0.2, 0.25) is 0 Å². The van der Waals surface area contributed by atoms with Crippen molar-refractivity contribution in [3.8, 4) is 5.75 Å². The van der Waals surface area contributed by atoms with Crippen molar-refractivity contribution in [2.45, 2.75) is 0 Å². The van der Waals surface area contributed by atoms with Gasteiger partial charge in [-0.3, -0.25) is 4.79 Å². The van der Waals surface area contributed by atoms with Gasteiger partial charge in [0.1, 0.15) is 11.6 Å². The molecule has 0 aromatic heterocycles. The highest BCUT2D eigenvalue weighted by Gasteiger charge is 2.06. The predicted molar refractivity (Wildman–Crippen MR) is 41.4 cm³/mol. The zero-order chi connectivity index (χ0) is 8.43. The Bertz CT molecular complexity index is 298. The number of aromatic hydroxyl groups is 1. The monoisotopic (exact) mass is 172 g/mol. The van der Waals surface area contributed by atoms with Crippen LogP contribution < -0.4 is 0 Å². The van der Waals surface area contributed by atoms with Gasteiger partial charge in [0.25, 0.3) is 0 Å². The summed E-state index contributed by atoms with van der Waals surface area (Å²) in [6.07, 6.45) is 0. The van der Waals surface area contributed by atoms with E-state index in [0.29, 0.717) is 0 Å². The molecule has 0 fully saturated rings. The van der Waals surface area contributed by atoms with E-state index in [9.17, 15) is 9.18 Å². The Balaban J connectivity index is 3.20. The summed E-state index contributed by atoms with van der Waals surface area (Å²) in [5.41, 5.74) is 0.00901. The first-order chi connectivity index (χ1) is 5.11. The van der Waals surface area contributed by atoms with E-state index < -0.39 is 10.9 Å². The number of thiol groups is 1. The second-order valence-corrected chi connectivity index (χ2v) is 2.37. The summed E-state index contributed by atoms with van der Waals surface area (Å²) in [6.45, 7) is 0. The van der Waals surface area contributed by atoms with Gasteiger partial charge in [-0.05, 0) is 12.1 Å². The molecule has 0 aliphatic rings. The van der Waals surface area contributed by atoms with Gasteiger partial charge in [-0.2, -0.15) is 0 Å². The van der Waals surface area contributed by atoms with Gasteiger partial charge in [0.05, 0.1) is 5.56 Å². The summed E-state index contributed by atoms with van der Waals surface area (Å²) < 4.78 is 12.3. The summed E-state index contributed by atoms with van der Waals surface area (Å²) >= 11 is 3.47. The fraction of sp³-hybridized carbons (Fsp3) is 0. The average molecular weight is 172 g/mol. The van der Waals surface area contributed by atoms with E-state index in [1.165, 1.54) is 6.07 Å². The Labute approximate surface area is 68.1 Å². The lowest BCUT2D eigenvalue weighted by molar-refractivity contribution is 0.108. The molecule has 4 heteroatoms. The van der Waals surface area contributed by atoms with Crippen LogP contribution >= 0.6 is 12.6 Å². The molecular weight excluding hydrogens is 167 g/mol. The molecule has 0 spiro atoms. The molecule has 1 aromatic rings. The first-order valence-corrected chi connectivity index (χ1v) is 3.28. The van der Waals surface area contributed by atoms with Crippen LogP contribution in [0, 0.1) is 5.82 Å². The van der Waals surface area contributed by atoms with Gasteiger partial charge in [-0.15, -0.1) is 12.6 Å². The molecule has 0 aliphatic heterocycles. The van der Waals surface area contributed by atoms with Crippen molar-refractivity contribution in [3.05, 3.63) is 29.6 Å². The van der Waals surface area contributed by atoms with E-state index in [1.807, 2.05) is 0 Å². The smallest absolute Gasteiger partial charge is 0.220 e. The maximum atomic E-state index is 12.3. The molecule has 1 aromatic carbocycles. The van der Waals surface area contributed by atoms with E-state index in [2.05, 4.69) is 12.6 Å². The minimum atomic E-state index is -0.583. The summed E-state index contributed by atoms with van der Waals surface area (Å²) in [4.78, 5) is 10.6. The lowest BCUT2D eigenvalue weighted by Crippen LogP contribution is -1.89. The highest BCUT2D eigenvalue weighted by molar-refractivity contribution is 7.97. The Morgan fingerprint density at radius 2 is 2.18 bits per heavy atom. The standard InChI is InChI=1S/C7H5FO2S/c8-4-1-2-5(7(10)11)6(9)3-4/h1-3,9H,(H,10,11). The lowest BCUT2D eigenvalue weighted by Gasteiger charge is -1.97. The molecule has 0 bridgehead atoms. The van der Waals surface area contributed by atoms with Gasteiger partial charge in [-0.25, -0.2) is 4.39 Å². The second kappa shape index (κ2) is 2.92. The molecule has 1 rings (SSSR count). The van der Waals surface area contributed by atoms with E-state index >= 15 is 0 Å². The molecule has 11 heavy (non-hydrogen) atoms. The van der Waals surface area contributed by atoms with Crippen molar-refractivity contribution in [1.82, 2.24) is 0 Å². The first kappa shape index (κ1) is 8.07. The molecule has 58 valence electrons. The van der Waals surface area contributed by atoms with Crippen molar-refractivity contribution in [1.29, 1.82) is 0 Å². The zero-order valence-corrected chi connectivity index (χ0v) is 6.31. The van der Waals surface area contributed by atoms with Gasteiger partial charge < -0.3 is 5.11 Å². The summed E-state index contributed by atoms with van der Waals surface area (Å²) in [5, 5.41) is 8.37. The largest absolute Gasteiger partial charge is 0.507 e. The molecule has 0 atom stereocenters. The van der Waals surface area contributed by atoms with Crippen LogP contribution in [0.15, 0.2) is 18.2 Å². The second-order valence-electron chi connectivity index (χ2n) is 1.97. The third-order valence-electron chi connectivity index (χ3n) is 1.19. The minimum Gasteiger partial charge on any atom is -0.507 e. The molecule has 0 saturated heterocycles. The predicted octanol–water partition coefficient (Wildman–Crippen LogP) is 1.60. The summed E-state index contributed by atoms with van der Waals surface area (Å²) in [5.74, 6) is -0.967. The number of phenols is 1. The van der Waals surface area contributed by atoms with E-state index in [1.54, 1.807) is 0 Å². The van der Waals surface area contributed by atoms with Gasteiger partial charge in [0.2, 0.25) is 5.12 Å². The minimum absolute atomic E-state index is 0.00901. The van der Waals surface area contributed by atoms with Crippen LogP contribution in [0.5, 0.6) is 5.75 Å². The van der Waals surface area contributed by atoms with Crippen LogP contribution in [-0.2, 0) is 0 Å². The molecule has 0 radical (unpaired) electrons. The van der Waals surface area contributed by atoms with Crippen molar-refractivity contribution in [3.63, 3.8) is 0 Å². The molecule has 0 aliphatic carbocycles. The molecule has 2 nitrogen and oxygen atoms in total. The topological polar surface area (TPSA) is 37.3 Å². The first-order valence-electron chi connectivity index (χ1n) is 2.83. The van der Waals surface area contributed by atoms with Crippen molar-refractivity contribution < 1.29 is 14.3 Å². The molecule has 1 N–H and O–H groups in total.